The van der Waals surface area contributed by atoms with Gasteiger partial charge in [0, 0.05) is 97.7 Å². The minimum Gasteiger partial charge on any atom is -0.452 e. The lowest BCUT2D eigenvalue weighted by Gasteiger charge is -2.05. The van der Waals surface area contributed by atoms with E-state index in [0.29, 0.717) is 12.3 Å². The number of pyridine rings is 3. The van der Waals surface area contributed by atoms with E-state index >= 15 is 0 Å². The normalized spacial score (nSPS) is 10.7. The van der Waals surface area contributed by atoms with E-state index in [4.69, 9.17) is 0 Å². The molecule has 16 aromatic rings. The lowest BCUT2D eigenvalue weighted by atomic mass is 10.0. The van der Waals surface area contributed by atoms with Gasteiger partial charge in [0.2, 0.25) is 0 Å². The molecule has 2 aliphatic heterocycles. The van der Waals surface area contributed by atoms with Crippen molar-refractivity contribution < 1.29 is 26.8 Å². The number of benzene rings is 10. The SMILES string of the molecule is CC1=CCC(=O)C=C1.CC1=CCC=N1.CC1=NCC=C1.Cc1ccc(Br)cc1.Cc1ccc(C(C)C)cc1.Cc1ccc(C(F)(F)F)cc1.Cc1ccc(F)cc1.Cc1cccc(C)c1.Cc1cccc(C)c1.Cc1ccccc1.Cc1ccccc1Br.Cc1ccccc1C.Cc1ccccc1C.Cc1ccccn1.Cc1ccccn1.Cc1ccncc1.Cc1cocn1.Cc1csc(C)n1.Cc1cscn1. The van der Waals surface area contributed by atoms with Crippen LogP contribution in [0.3, 0.4) is 0 Å². The highest BCUT2D eigenvalue weighted by atomic mass is 79.9. The summed E-state index contributed by atoms with van der Waals surface area (Å²) in [6.45, 7) is 54.1. The molecule has 10 nitrogen and oxygen atoms in total. The summed E-state index contributed by atoms with van der Waals surface area (Å²) < 4.78 is 54.8. The molecular formula is C126H150Br2F4N8O2S2. The highest BCUT2D eigenvalue weighted by Gasteiger charge is 2.29. The molecule has 8 heterocycles. The van der Waals surface area contributed by atoms with Gasteiger partial charge in [0.05, 0.1) is 28.3 Å². The van der Waals surface area contributed by atoms with Crippen molar-refractivity contribution in [3.8, 4) is 0 Å². The summed E-state index contributed by atoms with van der Waals surface area (Å²) in [5.74, 6) is 0.687. The van der Waals surface area contributed by atoms with Crippen molar-refractivity contribution in [2.24, 2.45) is 9.98 Å². The number of carbonyl (C=O) groups is 1. The van der Waals surface area contributed by atoms with Crippen molar-refractivity contribution in [2.75, 3.05) is 6.54 Å². The van der Waals surface area contributed by atoms with Crippen molar-refractivity contribution in [3.63, 3.8) is 0 Å². The van der Waals surface area contributed by atoms with E-state index in [1.807, 2.05) is 209 Å². The number of hydrogen-bond acceptors (Lipinski definition) is 12. The van der Waals surface area contributed by atoms with Crippen LogP contribution in [0, 0.1) is 151 Å². The van der Waals surface area contributed by atoms with Crippen molar-refractivity contribution in [1.29, 1.82) is 0 Å². The number of halogens is 6. The average molecular weight is 2110 g/mol. The van der Waals surface area contributed by atoms with E-state index in [-0.39, 0.29) is 11.6 Å². The van der Waals surface area contributed by atoms with Crippen LogP contribution in [0.15, 0.2) is 422 Å². The van der Waals surface area contributed by atoms with Gasteiger partial charge < -0.3 is 4.42 Å². The first-order valence-corrected chi connectivity index (χ1v) is 50.8. The van der Waals surface area contributed by atoms with Gasteiger partial charge in [-0.25, -0.2) is 14.4 Å². The van der Waals surface area contributed by atoms with Gasteiger partial charge in [-0.2, -0.15) is 13.2 Å². The van der Waals surface area contributed by atoms with E-state index in [0.717, 1.165) is 85.6 Å². The molecule has 0 spiro atoms. The molecule has 760 valence electrons. The minimum atomic E-state index is -4.21. The fourth-order valence-corrected chi connectivity index (χ4v) is 12.4. The minimum absolute atomic E-state index is 0.171. The first-order chi connectivity index (χ1) is 68.5. The molecule has 19 rings (SSSR count). The highest BCUT2D eigenvalue weighted by molar-refractivity contribution is 9.10. The number of aromatic nitrogens is 6. The number of hydrogen-bond donors (Lipinski definition) is 0. The summed E-state index contributed by atoms with van der Waals surface area (Å²) in [5, 5.41) is 5.22. The number of alkyl halides is 3. The number of oxazole rings is 1. The van der Waals surface area contributed by atoms with Crippen molar-refractivity contribution in [3.05, 3.63) is 542 Å². The summed E-state index contributed by atoms with van der Waals surface area (Å²) in [6, 6.07) is 96.1. The molecule has 1 aliphatic carbocycles. The van der Waals surface area contributed by atoms with E-state index in [1.165, 1.54) is 119 Å². The molecule has 3 aliphatic rings. The maximum absolute atomic E-state index is 12.1. The van der Waals surface area contributed by atoms with Gasteiger partial charge >= 0.3 is 6.18 Å². The van der Waals surface area contributed by atoms with Crippen LogP contribution in [-0.2, 0) is 11.0 Å². The van der Waals surface area contributed by atoms with Gasteiger partial charge in [0.1, 0.15) is 12.1 Å². The summed E-state index contributed by atoms with van der Waals surface area (Å²) in [6.07, 6.45) is 21.0. The molecule has 0 radical (unpaired) electrons. The Bertz CT molecular complexity index is 5610. The van der Waals surface area contributed by atoms with E-state index in [9.17, 15) is 22.4 Å². The van der Waals surface area contributed by atoms with Crippen LogP contribution in [0.2, 0.25) is 0 Å². The first kappa shape index (κ1) is 129. The van der Waals surface area contributed by atoms with Gasteiger partial charge in [0.15, 0.2) is 12.2 Å². The standard InChI is InChI=1S/C10H14.C8H7F3.4C8H10.2C7H7Br.C7H7F.C7H8O.C7H8.3C6H7N.C5H7NS.2C5H7N.C4H5NO.C4H5NS/c1-8(2)10-6-4-9(3)5-7-10;1-6-2-4-7(5-3-6)8(9,10)11;2*1-7-4-3-5-8(2)6-7;2*1-7-5-3-4-6-8(7)2;1-6-2-4-7(8)5-3-6;1-6-4-2-3-5-7(6)8;2*1-6-2-4-7(8)5-3-6;1-7-5-3-2-4-6-7;1-6-2-4-7-5-3-6;2*1-6-4-2-3-5-7-6;1-4-3-7-5(2)6-4;2*1-5-3-2-4-6-5;2*1-4-2-6-3-5-4/h4-8H,1-3H3;2-5H,1H3;4*3-6H,1-2H3;3*2-5H,1H3;2-4H,5H2,1H3;2-6H,1H3;3*2-5H,1H3;3H,1-2H3;3-4H,2H2,1H3;2-3H,4H2,1H3;2*2-3H,1H3. The van der Waals surface area contributed by atoms with Crippen molar-refractivity contribution >= 4 is 72.2 Å². The number of nitrogens with zero attached hydrogens (tertiary/aromatic N) is 8. The number of ketones is 1. The third-order valence-corrected chi connectivity index (χ3v) is 22.5. The van der Waals surface area contributed by atoms with Gasteiger partial charge in [-0.15, -0.1) is 22.7 Å². The second-order valence-corrected chi connectivity index (χ2v) is 37.4. The zero-order valence-corrected chi connectivity index (χ0v) is 94.0. The Labute approximate surface area is 885 Å². The fourth-order valence-electron chi connectivity index (χ4n) is 10.7. The van der Waals surface area contributed by atoms with Crippen molar-refractivity contribution in [1.82, 2.24) is 29.9 Å². The van der Waals surface area contributed by atoms with Crippen LogP contribution >= 0.6 is 54.5 Å². The molecular weight excluding hydrogens is 1960 g/mol. The number of aliphatic imine (C=N–C) groups is 2. The Kier molecular flexibility index (Phi) is 70.9. The predicted octanol–water partition coefficient (Wildman–Crippen LogP) is 37.2. The molecule has 0 atom stereocenters. The zero-order chi connectivity index (χ0) is 107. The zero-order valence-electron chi connectivity index (χ0n) is 89.2. The van der Waals surface area contributed by atoms with Gasteiger partial charge in [-0.05, 0) is 302 Å². The smallest absolute Gasteiger partial charge is 0.416 e. The molecule has 144 heavy (non-hydrogen) atoms. The second kappa shape index (κ2) is 79.3. The van der Waals surface area contributed by atoms with E-state index in [2.05, 4.69) is 342 Å². The largest absolute Gasteiger partial charge is 0.452 e. The Morgan fingerprint density at radius 1 is 0.389 bits per heavy atom. The summed E-state index contributed by atoms with van der Waals surface area (Å²) in [4.78, 5) is 42.1. The van der Waals surface area contributed by atoms with Crippen LogP contribution in [0.1, 0.15) is 181 Å². The van der Waals surface area contributed by atoms with E-state index in [1.54, 1.807) is 78.9 Å². The first-order valence-electron chi connectivity index (χ1n) is 47.4. The fraction of sp³-hybridized carbons (Fsp3) is 0.246. The maximum atomic E-state index is 12.1. The number of carbonyl (C=O) groups excluding carboxylic acids is 1. The maximum Gasteiger partial charge on any atom is 0.416 e. The summed E-state index contributed by atoms with van der Waals surface area (Å²) in [7, 11) is 0. The monoisotopic (exact) mass is 2100 g/mol. The number of allylic oxidation sites excluding steroid dienone is 7. The molecule has 0 saturated carbocycles. The van der Waals surface area contributed by atoms with Gasteiger partial charge in [-0.3, -0.25) is 34.7 Å². The second-order valence-electron chi connectivity index (χ2n) is 33.9. The molecule has 10 aromatic carbocycles. The van der Waals surface area contributed by atoms with Crippen molar-refractivity contribution in [2.45, 2.75) is 205 Å². The molecule has 0 fully saturated rings. The summed E-state index contributed by atoms with van der Waals surface area (Å²) in [5.41, 5.74) is 30.7. The third-order valence-electron chi connectivity index (χ3n) is 19.5. The Hall–Kier alpha value is -13.2. The van der Waals surface area contributed by atoms with Crippen LogP contribution < -0.4 is 0 Å². The quantitative estimate of drug-likeness (QED) is 0.148. The average Bonchev–Trinajstić information content (AvgIpc) is 0.941. The molecule has 18 heteroatoms. The number of thiazole rings is 2. The molecule has 0 saturated heterocycles. The van der Waals surface area contributed by atoms with Crippen LogP contribution in [0.25, 0.3) is 0 Å². The Morgan fingerprint density at radius 2 is 0.819 bits per heavy atom. The molecule has 0 amide bonds. The van der Waals surface area contributed by atoms with Gasteiger partial charge in [0.25, 0.3) is 0 Å². The Balaban J connectivity index is 0.000000761. The molecule has 0 N–H and O–H groups in total. The molecule has 6 aromatic heterocycles. The lowest BCUT2D eigenvalue weighted by Crippen LogP contribution is -2.03. The van der Waals surface area contributed by atoms with Crippen LogP contribution in [-0.4, -0.2) is 54.2 Å². The van der Waals surface area contributed by atoms with E-state index < -0.39 is 11.7 Å². The predicted molar refractivity (Wildman–Crippen MR) is 618 cm³/mol. The topological polar surface area (TPSA) is 132 Å². The summed E-state index contributed by atoms with van der Waals surface area (Å²) >= 11 is 10.1. The highest BCUT2D eigenvalue weighted by Crippen LogP contribution is 2.29. The Morgan fingerprint density at radius 3 is 1.03 bits per heavy atom. The number of rotatable bonds is 1. The lowest BCUT2D eigenvalue weighted by molar-refractivity contribution is -0.137. The van der Waals surface area contributed by atoms with Crippen LogP contribution in [0.4, 0.5) is 17.6 Å². The molecule has 0 bridgehead atoms. The third kappa shape index (κ3) is 73.8. The van der Waals surface area contributed by atoms with Crippen LogP contribution in [0.5, 0.6) is 0 Å². The number of aryl methyl sites for hydroxylation is 21. The molecule has 0 unspecified atom stereocenters. The van der Waals surface area contributed by atoms with Gasteiger partial charge in [-0.1, -0.05) is 344 Å².